The molecule has 1 aromatic heterocycles. The number of nitrogens with one attached hydrogen (secondary N) is 1. The van der Waals surface area contributed by atoms with Crippen molar-refractivity contribution in [2.45, 2.75) is 32.6 Å². The van der Waals surface area contributed by atoms with Crippen molar-refractivity contribution >= 4 is 43.8 Å². The Bertz CT molecular complexity index is 1630. The van der Waals surface area contributed by atoms with Crippen LogP contribution in [0.15, 0.2) is 93.3 Å². The number of hydrogen-bond donors (Lipinski definition) is 1. The van der Waals surface area contributed by atoms with Crippen LogP contribution in [0.2, 0.25) is 0 Å². The van der Waals surface area contributed by atoms with E-state index in [-0.39, 0.29) is 4.90 Å². The minimum absolute atomic E-state index is 0.0485. The van der Waals surface area contributed by atoms with Gasteiger partial charge in [0, 0.05) is 21.4 Å². The fraction of sp³-hybridized carbons (Fsp3) is 0.200. The predicted molar refractivity (Wildman–Crippen MR) is 162 cm³/mol. The number of para-hydroxylation sites is 1. The molecule has 0 atom stereocenters. The molecule has 1 heterocycles. The molecule has 0 aliphatic rings. The minimum atomic E-state index is -4.06. The highest BCUT2D eigenvalue weighted by atomic mass is 79.9. The molecule has 10 heteroatoms. The van der Waals surface area contributed by atoms with Crippen molar-refractivity contribution in [3.05, 3.63) is 106 Å². The molecule has 8 nitrogen and oxygen atoms in total. The van der Waals surface area contributed by atoms with E-state index in [2.05, 4.69) is 31.0 Å². The summed E-state index contributed by atoms with van der Waals surface area (Å²) < 4.78 is 36.8. The van der Waals surface area contributed by atoms with Crippen LogP contribution in [0, 0.1) is 20.8 Å². The average Bonchev–Trinajstić information content (AvgIpc) is 3.21. The molecule has 0 radical (unpaired) electrons. The van der Waals surface area contributed by atoms with E-state index in [0.29, 0.717) is 18.0 Å². The van der Waals surface area contributed by atoms with Gasteiger partial charge in [-0.05, 0) is 98.2 Å². The van der Waals surface area contributed by atoms with Gasteiger partial charge in [0.05, 0.1) is 29.1 Å². The van der Waals surface area contributed by atoms with Crippen LogP contribution in [0.5, 0.6) is 5.75 Å². The summed E-state index contributed by atoms with van der Waals surface area (Å²) in [6, 6.07) is 23.0. The third-order valence-electron chi connectivity index (χ3n) is 6.29. The highest BCUT2D eigenvalue weighted by Gasteiger charge is 2.27. The monoisotopic (exact) mass is 622 g/mol. The Kier molecular flexibility index (Phi) is 9.11. The Morgan fingerprint density at radius 2 is 1.70 bits per heavy atom. The lowest BCUT2D eigenvalue weighted by Crippen LogP contribution is -2.39. The lowest BCUT2D eigenvalue weighted by atomic mass is 10.2. The number of aryl methyl sites for hydroxylation is 2. The summed E-state index contributed by atoms with van der Waals surface area (Å²) >= 11 is 3.60. The number of ether oxygens (including phenoxy) is 1. The second-order valence-electron chi connectivity index (χ2n) is 9.16. The zero-order valence-electron chi connectivity index (χ0n) is 22.8. The van der Waals surface area contributed by atoms with Gasteiger partial charge in [-0.25, -0.2) is 13.8 Å². The number of rotatable bonds is 10. The predicted octanol–water partition coefficient (Wildman–Crippen LogP) is 5.91. The second-order valence-corrected chi connectivity index (χ2v) is 11.9. The Balaban J connectivity index is 1.55. The first kappa shape index (κ1) is 29.1. The van der Waals surface area contributed by atoms with Crippen molar-refractivity contribution in [2.75, 3.05) is 17.5 Å². The molecule has 0 spiro atoms. The number of aromatic nitrogens is 1. The fourth-order valence-corrected chi connectivity index (χ4v) is 6.17. The number of carbonyl (C=O) groups excluding carboxylic acids is 1. The second kappa shape index (κ2) is 12.5. The Morgan fingerprint density at radius 1 is 1.02 bits per heavy atom. The molecule has 0 fully saturated rings. The van der Waals surface area contributed by atoms with Gasteiger partial charge in [-0.3, -0.25) is 9.10 Å². The summed E-state index contributed by atoms with van der Waals surface area (Å²) in [6.45, 7) is 7.74. The third kappa shape index (κ3) is 6.46. The van der Waals surface area contributed by atoms with Gasteiger partial charge in [-0.1, -0.05) is 29.8 Å². The third-order valence-corrected chi connectivity index (χ3v) is 8.75. The molecule has 208 valence electrons. The standard InChI is InChI=1S/C30H31BrN4O4S/c1-5-39-26-14-16-27(17-15-26)40(37,38)34(25-12-10-21(2)11-13-25)20-30(36)33-32-19-24-18-22(3)35(23(24)4)29-9-7-6-8-28(29)31/h6-19H,5,20H2,1-4H3,(H,33,36)/b32-19-. The van der Waals surface area contributed by atoms with Gasteiger partial charge in [0.15, 0.2) is 0 Å². The lowest BCUT2D eigenvalue weighted by Gasteiger charge is -2.24. The van der Waals surface area contributed by atoms with Crippen molar-refractivity contribution in [3.8, 4) is 11.4 Å². The first-order valence-corrected chi connectivity index (χ1v) is 14.9. The van der Waals surface area contributed by atoms with Crippen LogP contribution in [-0.2, 0) is 14.8 Å². The van der Waals surface area contributed by atoms with Crippen molar-refractivity contribution in [1.29, 1.82) is 0 Å². The molecule has 40 heavy (non-hydrogen) atoms. The van der Waals surface area contributed by atoms with Crippen molar-refractivity contribution < 1.29 is 17.9 Å². The summed E-state index contributed by atoms with van der Waals surface area (Å²) in [7, 11) is -4.06. The number of nitrogens with zero attached hydrogens (tertiary/aromatic N) is 3. The summed E-state index contributed by atoms with van der Waals surface area (Å²) in [5.41, 5.74) is 7.59. The van der Waals surface area contributed by atoms with Crippen LogP contribution < -0.4 is 14.5 Å². The molecule has 1 N–H and O–H groups in total. The zero-order valence-corrected chi connectivity index (χ0v) is 25.2. The van der Waals surface area contributed by atoms with Gasteiger partial charge in [0.25, 0.3) is 15.9 Å². The molecule has 0 aliphatic heterocycles. The number of halogens is 1. The smallest absolute Gasteiger partial charge is 0.264 e. The molecule has 0 saturated carbocycles. The number of amides is 1. The van der Waals surface area contributed by atoms with Gasteiger partial charge in [-0.15, -0.1) is 0 Å². The van der Waals surface area contributed by atoms with Crippen molar-refractivity contribution in [1.82, 2.24) is 9.99 Å². The maximum Gasteiger partial charge on any atom is 0.264 e. The molecule has 0 unspecified atom stereocenters. The van der Waals surface area contributed by atoms with Gasteiger partial charge in [0.1, 0.15) is 12.3 Å². The van der Waals surface area contributed by atoms with Crippen LogP contribution in [-0.4, -0.2) is 38.3 Å². The first-order valence-electron chi connectivity index (χ1n) is 12.7. The van der Waals surface area contributed by atoms with Crippen LogP contribution >= 0.6 is 15.9 Å². The first-order chi connectivity index (χ1) is 19.1. The van der Waals surface area contributed by atoms with Gasteiger partial charge in [0.2, 0.25) is 0 Å². The topological polar surface area (TPSA) is 93.0 Å². The Morgan fingerprint density at radius 3 is 2.35 bits per heavy atom. The molecular weight excluding hydrogens is 592 g/mol. The molecular formula is C30H31BrN4O4S. The maximum atomic E-state index is 13.6. The van der Waals surface area contributed by atoms with E-state index in [1.165, 1.54) is 12.1 Å². The number of sulfonamides is 1. The number of hydrazone groups is 1. The summed E-state index contributed by atoms with van der Waals surface area (Å²) in [5, 5.41) is 4.13. The van der Waals surface area contributed by atoms with Crippen LogP contribution in [0.3, 0.4) is 0 Å². The molecule has 4 rings (SSSR count). The van der Waals surface area contributed by atoms with Crippen molar-refractivity contribution in [2.24, 2.45) is 5.10 Å². The lowest BCUT2D eigenvalue weighted by molar-refractivity contribution is -0.119. The fourth-order valence-electron chi connectivity index (χ4n) is 4.29. The Hall–Kier alpha value is -3.89. The van der Waals surface area contributed by atoms with E-state index in [9.17, 15) is 13.2 Å². The Labute approximate surface area is 243 Å². The highest BCUT2D eigenvalue weighted by Crippen LogP contribution is 2.27. The van der Waals surface area contributed by atoms with E-state index in [1.54, 1.807) is 42.6 Å². The SMILES string of the molecule is CCOc1ccc(S(=O)(=O)N(CC(=O)N/N=C\c2cc(C)n(-c3ccccc3Br)c2C)c2ccc(C)cc2)cc1. The van der Waals surface area contributed by atoms with Crippen LogP contribution in [0.1, 0.15) is 29.4 Å². The van der Waals surface area contributed by atoms with E-state index in [4.69, 9.17) is 4.74 Å². The average molecular weight is 624 g/mol. The summed E-state index contributed by atoms with van der Waals surface area (Å²) in [5.74, 6) is -0.0136. The van der Waals surface area contributed by atoms with E-state index in [0.717, 1.165) is 37.0 Å². The number of anilines is 1. The molecule has 3 aromatic carbocycles. The molecule has 4 aromatic rings. The molecule has 1 amide bonds. The number of carbonyl (C=O) groups is 1. The summed E-state index contributed by atoms with van der Waals surface area (Å²) in [6.07, 6.45) is 1.56. The van der Waals surface area contributed by atoms with E-state index >= 15 is 0 Å². The van der Waals surface area contributed by atoms with Gasteiger partial charge in [-0.2, -0.15) is 5.10 Å². The largest absolute Gasteiger partial charge is 0.494 e. The van der Waals surface area contributed by atoms with E-state index < -0.39 is 22.5 Å². The molecule has 0 bridgehead atoms. The van der Waals surface area contributed by atoms with Gasteiger partial charge >= 0.3 is 0 Å². The van der Waals surface area contributed by atoms with Gasteiger partial charge < -0.3 is 9.30 Å². The molecule has 0 saturated heterocycles. The van der Waals surface area contributed by atoms with Crippen molar-refractivity contribution in [3.63, 3.8) is 0 Å². The zero-order chi connectivity index (χ0) is 28.9. The normalized spacial score (nSPS) is 11.5. The minimum Gasteiger partial charge on any atom is -0.494 e. The summed E-state index contributed by atoms with van der Waals surface area (Å²) in [4.78, 5) is 13.0. The highest BCUT2D eigenvalue weighted by molar-refractivity contribution is 9.10. The van der Waals surface area contributed by atoms with Crippen LogP contribution in [0.4, 0.5) is 5.69 Å². The van der Waals surface area contributed by atoms with Crippen LogP contribution in [0.25, 0.3) is 5.69 Å². The number of benzene rings is 3. The maximum absolute atomic E-state index is 13.6. The van der Waals surface area contributed by atoms with E-state index in [1.807, 2.05) is 58.0 Å². The number of hydrogen-bond acceptors (Lipinski definition) is 5. The molecule has 0 aliphatic carbocycles. The quantitative estimate of drug-likeness (QED) is 0.176.